The topological polar surface area (TPSA) is 121 Å². The van der Waals surface area contributed by atoms with Crippen molar-refractivity contribution < 1.29 is 22.4 Å². The number of carbonyl (C=O) groups is 1. The molecule has 224 valence electrons. The Kier molecular flexibility index (Phi) is 8.30. The molecule has 0 aliphatic heterocycles. The van der Waals surface area contributed by atoms with Crippen molar-refractivity contribution in [3.63, 3.8) is 0 Å². The Bertz CT molecular complexity index is 1990. The van der Waals surface area contributed by atoms with E-state index in [4.69, 9.17) is 9.83 Å². The SMILES string of the molecule is Cc1ncnc(NC(C)c2oc3cccc(F)c3c(=O)c2-c2cccc(F)c2)c1C(=N)c1ccc(C(=O)NC(C)C)c(F)c1. The van der Waals surface area contributed by atoms with Crippen molar-refractivity contribution in [1.82, 2.24) is 15.3 Å². The van der Waals surface area contributed by atoms with Gasteiger partial charge in [-0.2, -0.15) is 0 Å². The van der Waals surface area contributed by atoms with Crippen LogP contribution in [0.1, 0.15) is 59.8 Å². The van der Waals surface area contributed by atoms with Gasteiger partial charge in [0.05, 0.1) is 34.1 Å². The van der Waals surface area contributed by atoms with Gasteiger partial charge in [0.2, 0.25) is 5.43 Å². The zero-order chi connectivity index (χ0) is 31.7. The van der Waals surface area contributed by atoms with Gasteiger partial charge in [0, 0.05) is 11.6 Å². The first-order valence-corrected chi connectivity index (χ1v) is 13.7. The van der Waals surface area contributed by atoms with Crippen LogP contribution in [0.5, 0.6) is 0 Å². The second-order valence-electron chi connectivity index (χ2n) is 10.5. The summed E-state index contributed by atoms with van der Waals surface area (Å²) < 4.78 is 50.1. The van der Waals surface area contributed by atoms with E-state index in [9.17, 15) is 22.8 Å². The van der Waals surface area contributed by atoms with Crippen LogP contribution >= 0.6 is 0 Å². The molecular formula is C33H28F3N5O3. The molecule has 3 N–H and O–H groups in total. The van der Waals surface area contributed by atoms with Crippen molar-refractivity contribution in [2.75, 3.05) is 5.32 Å². The van der Waals surface area contributed by atoms with Gasteiger partial charge in [-0.05, 0) is 69.7 Å². The van der Waals surface area contributed by atoms with E-state index in [0.717, 1.165) is 18.2 Å². The molecule has 1 amide bonds. The maximum atomic E-state index is 15.0. The van der Waals surface area contributed by atoms with E-state index < -0.39 is 34.8 Å². The molecule has 44 heavy (non-hydrogen) atoms. The molecule has 0 spiro atoms. The number of benzene rings is 3. The Hall–Kier alpha value is -5.32. The van der Waals surface area contributed by atoms with Gasteiger partial charge in [0.15, 0.2) is 0 Å². The fourth-order valence-electron chi connectivity index (χ4n) is 4.93. The molecule has 2 aromatic heterocycles. The number of aromatic nitrogens is 2. The number of nitrogens with zero attached hydrogens (tertiary/aromatic N) is 2. The summed E-state index contributed by atoms with van der Waals surface area (Å²) in [5.74, 6) is -2.49. The molecule has 0 aliphatic carbocycles. The lowest BCUT2D eigenvalue weighted by atomic mass is 9.97. The molecule has 5 rings (SSSR count). The first kappa shape index (κ1) is 30.1. The Morgan fingerprint density at radius 3 is 2.41 bits per heavy atom. The van der Waals surface area contributed by atoms with Crippen molar-refractivity contribution in [2.45, 2.75) is 39.8 Å². The van der Waals surface area contributed by atoms with Crippen LogP contribution < -0.4 is 16.1 Å². The minimum Gasteiger partial charge on any atom is -0.458 e. The van der Waals surface area contributed by atoms with Crippen molar-refractivity contribution in [1.29, 1.82) is 5.41 Å². The van der Waals surface area contributed by atoms with Crippen molar-refractivity contribution in [3.8, 4) is 11.1 Å². The van der Waals surface area contributed by atoms with Crippen LogP contribution in [-0.4, -0.2) is 27.6 Å². The molecule has 1 unspecified atom stereocenters. The normalized spacial score (nSPS) is 11.9. The number of aryl methyl sites for hydroxylation is 1. The summed E-state index contributed by atoms with van der Waals surface area (Å²) in [5.41, 5.74) is -0.00146. The van der Waals surface area contributed by atoms with Crippen molar-refractivity contribution >= 4 is 28.4 Å². The van der Waals surface area contributed by atoms with E-state index in [1.807, 2.05) is 0 Å². The zero-order valence-corrected chi connectivity index (χ0v) is 24.3. The highest BCUT2D eigenvalue weighted by Crippen LogP contribution is 2.33. The molecule has 3 aromatic carbocycles. The molecule has 11 heteroatoms. The number of anilines is 1. The van der Waals surface area contributed by atoms with Crippen LogP contribution in [0.25, 0.3) is 22.1 Å². The van der Waals surface area contributed by atoms with Crippen molar-refractivity contribution in [3.05, 3.63) is 123 Å². The summed E-state index contributed by atoms with van der Waals surface area (Å²) in [6.07, 6.45) is 1.28. The lowest BCUT2D eigenvalue weighted by Crippen LogP contribution is -2.30. The standard InChI is InChI=1S/C33H28F3N5O3/c1-16(2)40-33(43)22-12-11-20(14-24(22)36)29(37)26-17(3)38-15-39-32(26)41-18(4)31-27(19-7-5-8-21(34)13-19)30(42)28-23(35)9-6-10-25(28)44-31/h5-16,18,37H,1-4H3,(H,40,43)(H,38,39,41). The second-order valence-corrected chi connectivity index (χ2v) is 10.5. The molecule has 0 saturated carbocycles. The molecule has 2 heterocycles. The van der Waals surface area contributed by atoms with Gasteiger partial charge >= 0.3 is 0 Å². The van der Waals surface area contributed by atoms with Gasteiger partial charge in [0.25, 0.3) is 5.91 Å². The number of amides is 1. The molecule has 0 aliphatic rings. The number of rotatable bonds is 8. The van der Waals surface area contributed by atoms with Crippen LogP contribution in [-0.2, 0) is 0 Å². The predicted octanol–water partition coefficient (Wildman–Crippen LogP) is 6.70. The van der Waals surface area contributed by atoms with Gasteiger partial charge in [-0.1, -0.05) is 24.3 Å². The Balaban J connectivity index is 1.57. The number of fused-ring (bicyclic) bond motifs is 1. The lowest BCUT2D eigenvalue weighted by Gasteiger charge is -2.20. The van der Waals surface area contributed by atoms with E-state index in [1.54, 1.807) is 27.7 Å². The monoisotopic (exact) mass is 599 g/mol. The number of carbonyl (C=O) groups excluding carboxylic acids is 1. The highest BCUT2D eigenvalue weighted by molar-refractivity contribution is 6.14. The molecule has 0 saturated heterocycles. The summed E-state index contributed by atoms with van der Waals surface area (Å²) >= 11 is 0. The summed E-state index contributed by atoms with van der Waals surface area (Å²) in [7, 11) is 0. The maximum absolute atomic E-state index is 15.0. The minimum absolute atomic E-state index is 0.00251. The average molecular weight is 600 g/mol. The van der Waals surface area contributed by atoms with Crippen LogP contribution in [0.3, 0.4) is 0 Å². The molecule has 1 atom stereocenters. The third kappa shape index (κ3) is 5.81. The van der Waals surface area contributed by atoms with Crippen LogP contribution in [0.15, 0.2) is 76.2 Å². The average Bonchev–Trinajstić information content (AvgIpc) is 2.96. The number of hydrogen-bond acceptors (Lipinski definition) is 7. The Labute approximate surface area is 250 Å². The van der Waals surface area contributed by atoms with E-state index in [2.05, 4.69) is 20.6 Å². The molecule has 0 radical (unpaired) electrons. The van der Waals surface area contributed by atoms with Gasteiger partial charge in [0.1, 0.15) is 46.3 Å². The van der Waals surface area contributed by atoms with Crippen LogP contribution in [0, 0.1) is 29.8 Å². The molecular weight excluding hydrogens is 571 g/mol. The third-order valence-electron chi connectivity index (χ3n) is 6.96. The quantitative estimate of drug-likeness (QED) is 0.171. The Morgan fingerprint density at radius 2 is 1.70 bits per heavy atom. The zero-order valence-electron chi connectivity index (χ0n) is 24.3. The molecule has 8 nitrogen and oxygen atoms in total. The van der Waals surface area contributed by atoms with Crippen LogP contribution in [0.2, 0.25) is 0 Å². The third-order valence-corrected chi connectivity index (χ3v) is 6.96. The Morgan fingerprint density at radius 1 is 0.955 bits per heavy atom. The minimum atomic E-state index is -0.812. The van der Waals surface area contributed by atoms with E-state index in [1.165, 1.54) is 48.8 Å². The molecule has 5 aromatic rings. The summed E-state index contributed by atoms with van der Waals surface area (Å²) in [6, 6.07) is 12.2. The highest BCUT2D eigenvalue weighted by atomic mass is 19.1. The predicted molar refractivity (Wildman–Crippen MR) is 162 cm³/mol. The first-order valence-electron chi connectivity index (χ1n) is 13.7. The lowest BCUT2D eigenvalue weighted by molar-refractivity contribution is 0.0939. The van der Waals surface area contributed by atoms with Gasteiger partial charge in [-0.3, -0.25) is 15.0 Å². The molecule has 0 fully saturated rings. The highest BCUT2D eigenvalue weighted by Gasteiger charge is 2.25. The summed E-state index contributed by atoms with van der Waals surface area (Å²) in [6.45, 7) is 6.84. The largest absolute Gasteiger partial charge is 0.458 e. The van der Waals surface area contributed by atoms with Gasteiger partial charge in [-0.25, -0.2) is 23.1 Å². The maximum Gasteiger partial charge on any atom is 0.254 e. The fourth-order valence-corrected chi connectivity index (χ4v) is 4.93. The van der Waals surface area contributed by atoms with E-state index >= 15 is 0 Å². The smallest absolute Gasteiger partial charge is 0.254 e. The van der Waals surface area contributed by atoms with Gasteiger partial charge in [-0.15, -0.1) is 0 Å². The fraction of sp³-hybridized carbons (Fsp3) is 0.182. The number of nitrogens with one attached hydrogen (secondary N) is 3. The second kappa shape index (κ2) is 12.1. The van der Waals surface area contributed by atoms with Gasteiger partial charge < -0.3 is 15.1 Å². The van der Waals surface area contributed by atoms with E-state index in [0.29, 0.717) is 5.69 Å². The summed E-state index contributed by atoms with van der Waals surface area (Å²) in [5, 5.41) is 14.4. The van der Waals surface area contributed by atoms with Crippen molar-refractivity contribution in [2.24, 2.45) is 0 Å². The first-order chi connectivity index (χ1) is 21.0. The molecule has 0 bridgehead atoms. The number of halogens is 3. The van der Waals surface area contributed by atoms with E-state index in [-0.39, 0.29) is 62.1 Å². The summed E-state index contributed by atoms with van der Waals surface area (Å²) in [4.78, 5) is 34.5. The van der Waals surface area contributed by atoms with Crippen LogP contribution in [0.4, 0.5) is 19.0 Å². The number of hydrogen-bond donors (Lipinski definition) is 3.